The van der Waals surface area contributed by atoms with Gasteiger partial charge in [0.1, 0.15) is 5.75 Å². The van der Waals surface area contributed by atoms with Crippen molar-refractivity contribution in [2.75, 3.05) is 13.7 Å². The quantitative estimate of drug-likeness (QED) is 0.742. The van der Waals surface area contributed by atoms with Crippen molar-refractivity contribution in [3.63, 3.8) is 0 Å². The lowest BCUT2D eigenvalue weighted by atomic mass is 10.2. The standard InChI is InChI=1S/C18H18N4O3/c1-12-10-14(15(24-2)11-20-12)17(23)19-9-8-16-21-18(25-22-16)13-6-4-3-5-7-13/h3-7,10-11H,8-9H2,1-2H3,(H,19,23). The Morgan fingerprint density at radius 3 is 2.84 bits per heavy atom. The molecular formula is C18H18N4O3. The largest absolute Gasteiger partial charge is 0.494 e. The highest BCUT2D eigenvalue weighted by Crippen LogP contribution is 2.18. The number of amides is 1. The average molecular weight is 338 g/mol. The van der Waals surface area contributed by atoms with Gasteiger partial charge in [-0.2, -0.15) is 4.98 Å². The Hall–Kier alpha value is -3.22. The third-order valence-electron chi connectivity index (χ3n) is 3.59. The molecule has 2 aromatic heterocycles. The molecule has 7 heteroatoms. The zero-order valence-electron chi connectivity index (χ0n) is 14.0. The number of carbonyl (C=O) groups is 1. The molecule has 3 rings (SSSR count). The summed E-state index contributed by atoms with van der Waals surface area (Å²) in [4.78, 5) is 20.8. The van der Waals surface area contributed by atoms with Crippen molar-refractivity contribution in [3.05, 3.63) is 59.7 Å². The Bertz CT molecular complexity index is 862. The Morgan fingerprint density at radius 2 is 2.08 bits per heavy atom. The highest BCUT2D eigenvalue weighted by Gasteiger charge is 2.14. The Balaban J connectivity index is 1.59. The van der Waals surface area contributed by atoms with Crippen LogP contribution in [0.3, 0.4) is 0 Å². The number of pyridine rings is 1. The summed E-state index contributed by atoms with van der Waals surface area (Å²) in [6, 6.07) is 11.2. The van der Waals surface area contributed by atoms with Gasteiger partial charge in [0.05, 0.1) is 18.9 Å². The first-order chi connectivity index (χ1) is 12.2. The lowest BCUT2D eigenvalue weighted by Crippen LogP contribution is -2.26. The Labute approximate surface area is 145 Å². The minimum Gasteiger partial charge on any atom is -0.494 e. The maximum atomic E-state index is 12.3. The molecule has 0 aliphatic rings. The molecule has 1 N–H and O–H groups in total. The van der Waals surface area contributed by atoms with Gasteiger partial charge in [-0.05, 0) is 25.1 Å². The molecular weight excluding hydrogens is 320 g/mol. The number of rotatable bonds is 6. The van der Waals surface area contributed by atoms with Crippen LogP contribution in [-0.2, 0) is 6.42 Å². The minimum atomic E-state index is -0.228. The van der Waals surface area contributed by atoms with Crippen LogP contribution < -0.4 is 10.1 Å². The zero-order valence-corrected chi connectivity index (χ0v) is 14.0. The summed E-state index contributed by atoms with van der Waals surface area (Å²) in [7, 11) is 1.51. The van der Waals surface area contributed by atoms with Gasteiger partial charge < -0.3 is 14.6 Å². The third-order valence-corrected chi connectivity index (χ3v) is 3.59. The van der Waals surface area contributed by atoms with Crippen molar-refractivity contribution in [3.8, 4) is 17.2 Å². The number of benzene rings is 1. The second kappa shape index (κ2) is 7.57. The van der Waals surface area contributed by atoms with E-state index in [1.165, 1.54) is 13.3 Å². The maximum Gasteiger partial charge on any atom is 0.257 e. The highest BCUT2D eigenvalue weighted by atomic mass is 16.5. The van der Waals surface area contributed by atoms with Crippen LogP contribution in [0.1, 0.15) is 21.9 Å². The molecule has 7 nitrogen and oxygen atoms in total. The van der Waals surface area contributed by atoms with Gasteiger partial charge in [0.25, 0.3) is 11.8 Å². The molecule has 0 saturated carbocycles. The number of nitrogens with zero attached hydrogens (tertiary/aromatic N) is 3. The summed E-state index contributed by atoms with van der Waals surface area (Å²) in [5.74, 6) is 1.22. The maximum absolute atomic E-state index is 12.3. The molecule has 25 heavy (non-hydrogen) atoms. The first kappa shape index (κ1) is 16.6. The van der Waals surface area contributed by atoms with E-state index in [0.717, 1.165) is 11.3 Å². The fourth-order valence-corrected chi connectivity index (χ4v) is 2.32. The molecule has 1 amide bonds. The molecule has 0 aliphatic heterocycles. The molecule has 1 aromatic carbocycles. The van der Waals surface area contributed by atoms with E-state index >= 15 is 0 Å². The number of aromatic nitrogens is 3. The fraction of sp³-hybridized carbons (Fsp3) is 0.222. The minimum absolute atomic E-state index is 0.228. The topological polar surface area (TPSA) is 90.1 Å². The zero-order chi connectivity index (χ0) is 17.6. The van der Waals surface area contributed by atoms with Crippen molar-refractivity contribution < 1.29 is 14.1 Å². The summed E-state index contributed by atoms with van der Waals surface area (Å²) in [5, 5.41) is 6.77. The normalized spacial score (nSPS) is 10.5. The first-order valence-corrected chi connectivity index (χ1v) is 7.84. The molecule has 0 unspecified atom stereocenters. The van der Waals surface area contributed by atoms with Crippen LogP contribution in [0, 0.1) is 6.92 Å². The van der Waals surface area contributed by atoms with Gasteiger partial charge in [-0.15, -0.1) is 0 Å². The highest BCUT2D eigenvalue weighted by molar-refractivity contribution is 5.96. The van der Waals surface area contributed by atoms with Crippen molar-refractivity contribution in [1.29, 1.82) is 0 Å². The van der Waals surface area contributed by atoms with E-state index in [1.54, 1.807) is 6.07 Å². The van der Waals surface area contributed by atoms with Gasteiger partial charge >= 0.3 is 0 Å². The molecule has 128 valence electrons. The number of nitrogens with one attached hydrogen (secondary N) is 1. The summed E-state index contributed by atoms with van der Waals surface area (Å²) in [6.07, 6.45) is 2.00. The lowest BCUT2D eigenvalue weighted by Gasteiger charge is -2.09. The summed E-state index contributed by atoms with van der Waals surface area (Å²) < 4.78 is 10.4. The first-order valence-electron chi connectivity index (χ1n) is 7.84. The molecule has 0 radical (unpaired) electrons. The van der Waals surface area contributed by atoms with Gasteiger partial charge in [0.15, 0.2) is 5.82 Å². The molecule has 0 aliphatic carbocycles. The molecule has 0 fully saturated rings. The van der Waals surface area contributed by atoms with Crippen LogP contribution in [0.5, 0.6) is 5.75 Å². The van der Waals surface area contributed by atoms with Crippen molar-refractivity contribution in [1.82, 2.24) is 20.4 Å². The van der Waals surface area contributed by atoms with E-state index in [1.807, 2.05) is 37.3 Å². The molecule has 3 aromatic rings. The molecule has 0 saturated heterocycles. The SMILES string of the molecule is COc1cnc(C)cc1C(=O)NCCc1noc(-c2ccccc2)n1. The number of hydrogen-bond acceptors (Lipinski definition) is 6. The third kappa shape index (κ3) is 4.00. The van der Waals surface area contributed by atoms with E-state index < -0.39 is 0 Å². The molecule has 2 heterocycles. The summed E-state index contributed by atoms with van der Waals surface area (Å²) in [5.41, 5.74) is 2.06. The van der Waals surface area contributed by atoms with Crippen molar-refractivity contribution in [2.24, 2.45) is 0 Å². The molecule has 0 bridgehead atoms. The van der Waals surface area contributed by atoms with Gasteiger partial charge in [0.2, 0.25) is 0 Å². The predicted molar refractivity (Wildman–Crippen MR) is 91.3 cm³/mol. The second-order valence-electron chi connectivity index (χ2n) is 5.41. The van der Waals surface area contributed by atoms with Crippen LogP contribution in [0.4, 0.5) is 0 Å². The van der Waals surface area contributed by atoms with E-state index in [9.17, 15) is 4.79 Å². The lowest BCUT2D eigenvalue weighted by molar-refractivity contribution is 0.0950. The van der Waals surface area contributed by atoms with Crippen LogP contribution in [-0.4, -0.2) is 34.7 Å². The predicted octanol–water partition coefficient (Wildman–Crippen LogP) is 2.42. The van der Waals surface area contributed by atoms with Crippen molar-refractivity contribution >= 4 is 5.91 Å². The fourth-order valence-electron chi connectivity index (χ4n) is 2.32. The van der Waals surface area contributed by atoms with Crippen LogP contribution in [0.2, 0.25) is 0 Å². The van der Waals surface area contributed by atoms with Gasteiger partial charge in [-0.3, -0.25) is 9.78 Å². The second-order valence-corrected chi connectivity index (χ2v) is 5.41. The van der Waals surface area contributed by atoms with E-state index in [2.05, 4.69) is 20.4 Å². The van der Waals surface area contributed by atoms with Crippen LogP contribution in [0.25, 0.3) is 11.5 Å². The van der Waals surface area contributed by atoms with Crippen LogP contribution in [0.15, 0.2) is 47.1 Å². The number of carbonyl (C=O) groups excluding carboxylic acids is 1. The van der Waals surface area contributed by atoms with Crippen LogP contribution >= 0.6 is 0 Å². The average Bonchev–Trinajstić information content (AvgIpc) is 3.11. The number of methoxy groups -OCH3 is 1. The van der Waals surface area contributed by atoms with Gasteiger partial charge in [-0.25, -0.2) is 0 Å². The number of ether oxygens (including phenoxy) is 1. The van der Waals surface area contributed by atoms with E-state index in [0.29, 0.717) is 36.0 Å². The smallest absolute Gasteiger partial charge is 0.257 e. The number of hydrogen-bond donors (Lipinski definition) is 1. The number of aryl methyl sites for hydroxylation is 1. The monoisotopic (exact) mass is 338 g/mol. The summed E-state index contributed by atoms with van der Waals surface area (Å²) >= 11 is 0. The van der Waals surface area contributed by atoms with Crippen molar-refractivity contribution in [2.45, 2.75) is 13.3 Å². The van der Waals surface area contributed by atoms with Gasteiger partial charge in [0, 0.05) is 24.2 Å². The van der Waals surface area contributed by atoms with E-state index in [-0.39, 0.29) is 5.91 Å². The Morgan fingerprint density at radius 1 is 1.28 bits per heavy atom. The van der Waals surface area contributed by atoms with Gasteiger partial charge in [-0.1, -0.05) is 23.4 Å². The molecule has 0 atom stereocenters. The van der Waals surface area contributed by atoms with E-state index in [4.69, 9.17) is 9.26 Å². The Kier molecular flexibility index (Phi) is 5.03. The summed E-state index contributed by atoms with van der Waals surface area (Å²) in [6.45, 7) is 2.21. The molecule has 0 spiro atoms.